The van der Waals surface area contributed by atoms with Crippen molar-refractivity contribution in [3.8, 4) is 5.88 Å². The Labute approximate surface area is 167 Å². The summed E-state index contributed by atoms with van der Waals surface area (Å²) in [4.78, 5) is 13.1. The maximum atomic E-state index is 10.5. The van der Waals surface area contributed by atoms with Gasteiger partial charge in [0.05, 0.1) is 25.1 Å². The van der Waals surface area contributed by atoms with Crippen molar-refractivity contribution in [3.05, 3.63) is 40.5 Å². The molecule has 2 aliphatic rings. The molecule has 1 unspecified atom stereocenters. The van der Waals surface area contributed by atoms with Crippen molar-refractivity contribution in [2.24, 2.45) is 4.99 Å². The van der Waals surface area contributed by atoms with Crippen LogP contribution in [0.2, 0.25) is 5.02 Å². The van der Waals surface area contributed by atoms with Gasteiger partial charge >= 0.3 is 0 Å². The summed E-state index contributed by atoms with van der Waals surface area (Å²) in [5, 5.41) is 15.2. The van der Waals surface area contributed by atoms with Crippen LogP contribution in [0.4, 0.5) is 11.6 Å². The van der Waals surface area contributed by atoms with Crippen LogP contribution in [-0.2, 0) is 0 Å². The molecule has 2 N–H and O–H groups in total. The fourth-order valence-electron chi connectivity index (χ4n) is 3.29. The molecule has 2 aromatic rings. The van der Waals surface area contributed by atoms with Crippen LogP contribution in [-0.4, -0.2) is 39.4 Å². The Morgan fingerprint density at radius 1 is 1.33 bits per heavy atom. The third-order valence-electron chi connectivity index (χ3n) is 4.87. The lowest BCUT2D eigenvalue weighted by Crippen LogP contribution is -2.43. The molecule has 1 aliphatic heterocycles. The van der Waals surface area contributed by atoms with Crippen LogP contribution in [0.15, 0.2) is 29.4 Å². The van der Waals surface area contributed by atoms with Gasteiger partial charge in [-0.15, -0.1) is 0 Å². The molecule has 0 radical (unpaired) electrons. The van der Waals surface area contributed by atoms with Gasteiger partial charge in [-0.05, 0) is 49.4 Å². The number of anilines is 2. The molecular formula is C19H21ClN4O2S. The molecule has 0 bridgehead atoms. The lowest BCUT2D eigenvalue weighted by molar-refractivity contribution is 0.0373. The summed E-state index contributed by atoms with van der Waals surface area (Å²) in [5.74, 6) is 0.757. The van der Waals surface area contributed by atoms with E-state index in [4.69, 9.17) is 16.3 Å². The summed E-state index contributed by atoms with van der Waals surface area (Å²) in [7, 11) is 1.52. The van der Waals surface area contributed by atoms with E-state index < -0.39 is 5.60 Å². The van der Waals surface area contributed by atoms with Gasteiger partial charge in [0.25, 0.3) is 0 Å². The third-order valence-corrected chi connectivity index (χ3v) is 6.56. The second kappa shape index (κ2) is 7.30. The maximum absolute atomic E-state index is 10.5. The van der Waals surface area contributed by atoms with Crippen molar-refractivity contribution in [2.75, 3.05) is 19.0 Å². The molecule has 1 fully saturated rings. The molecule has 0 amide bonds. The first-order chi connectivity index (χ1) is 13.0. The number of thioether (sulfide) groups is 1. The smallest absolute Gasteiger partial charge is 0.237 e. The van der Waals surface area contributed by atoms with Crippen LogP contribution in [0.5, 0.6) is 5.88 Å². The zero-order valence-corrected chi connectivity index (χ0v) is 16.8. The van der Waals surface area contributed by atoms with Crippen LogP contribution in [0.3, 0.4) is 0 Å². The number of methoxy groups -OCH3 is 1. The molecule has 6 nitrogen and oxygen atoms in total. The molecule has 0 spiro atoms. The molecule has 2 heterocycles. The predicted molar refractivity (Wildman–Crippen MR) is 109 cm³/mol. The number of aliphatic hydroxyl groups is 1. The first-order valence-electron chi connectivity index (χ1n) is 8.86. The van der Waals surface area contributed by atoms with E-state index in [9.17, 15) is 5.11 Å². The third kappa shape index (κ3) is 3.77. The molecule has 0 saturated heterocycles. The largest absolute Gasteiger partial charge is 0.480 e. The van der Waals surface area contributed by atoms with Gasteiger partial charge in [0.1, 0.15) is 15.7 Å². The maximum Gasteiger partial charge on any atom is 0.237 e. The Bertz CT molecular complexity index is 901. The quantitative estimate of drug-likeness (QED) is 0.773. The van der Waals surface area contributed by atoms with Gasteiger partial charge < -0.3 is 15.2 Å². The van der Waals surface area contributed by atoms with Crippen LogP contribution < -0.4 is 10.1 Å². The summed E-state index contributed by atoms with van der Waals surface area (Å²) in [6.07, 6.45) is 4.23. The van der Waals surface area contributed by atoms with Crippen LogP contribution in [0, 0.1) is 6.92 Å². The average molecular weight is 405 g/mol. The number of nitrogens with zero attached hydrogens (tertiary/aromatic N) is 3. The lowest BCUT2D eigenvalue weighted by atomic mass is 9.81. The standard InChI is InChI=1S/C19H21ClN4O2S/c1-11-6-12(15-10-21-17(27-15)19(25)4-3-5-19)8-13(7-11)23-18-22-9-14(20)16(24-18)26-2/h6-9,15,25H,3-5,10H2,1-2H3,(H,22,23,24). The van der Waals surface area contributed by atoms with Crippen molar-refractivity contribution in [2.45, 2.75) is 37.0 Å². The van der Waals surface area contributed by atoms with Gasteiger partial charge in [-0.25, -0.2) is 4.98 Å². The van der Waals surface area contributed by atoms with Gasteiger partial charge in [-0.3, -0.25) is 4.99 Å². The van der Waals surface area contributed by atoms with E-state index in [0.29, 0.717) is 23.4 Å². The normalized spacial score (nSPS) is 20.7. The van der Waals surface area contributed by atoms with Crippen molar-refractivity contribution in [3.63, 3.8) is 0 Å². The van der Waals surface area contributed by atoms with Gasteiger partial charge in [-0.2, -0.15) is 4.98 Å². The van der Waals surface area contributed by atoms with Crippen molar-refractivity contribution in [1.82, 2.24) is 9.97 Å². The summed E-state index contributed by atoms with van der Waals surface area (Å²) in [6.45, 7) is 2.75. The SMILES string of the molecule is COc1nc(Nc2cc(C)cc(C3CN=C(C4(O)CCC4)S3)c2)ncc1Cl. The number of halogens is 1. The summed E-state index contributed by atoms with van der Waals surface area (Å²) in [6, 6.07) is 6.28. The van der Waals surface area contributed by atoms with Crippen LogP contribution in [0.1, 0.15) is 35.6 Å². The summed E-state index contributed by atoms with van der Waals surface area (Å²) < 4.78 is 5.15. The molecule has 1 aromatic heterocycles. The number of nitrogens with one attached hydrogen (secondary N) is 1. The van der Waals surface area contributed by atoms with Crippen LogP contribution >= 0.6 is 23.4 Å². The highest BCUT2D eigenvalue weighted by Crippen LogP contribution is 2.45. The van der Waals surface area contributed by atoms with E-state index in [0.717, 1.165) is 35.6 Å². The Kier molecular flexibility index (Phi) is 5.01. The molecule has 142 valence electrons. The zero-order valence-electron chi connectivity index (χ0n) is 15.2. The fraction of sp³-hybridized carbons (Fsp3) is 0.421. The molecule has 1 aromatic carbocycles. The molecule has 1 atom stereocenters. The highest BCUT2D eigenvalue weighted by molar-refractivity contribution is 8.14. The molecule has 1 aliphatic carbocycles. The highest BCUT2D eigenvalue weighted by Gasteiger charge is 2.43. The number of aliphatic imine (C=N–C) groups is 1. The molecular weight excluding hydrogens is 384 g/mol. The minimum atomic E-state index is -0.683. The number of hydrogen-bond donors (Lipinski definition) is 2. The Morgan fingerprint density at radius 2 is 2.15 bits per heavy atom. The van der Waals surface area contributed by atoms with E-state index in [1.807, 2.05) is 6.07 Å². The molecule has 1 saturated carbocycles. The number of aromatic nitrogens is 2. The minimum absolute atomic E-state index is 0.214. The van der Waals surface area contributed by atoms with Gasteiger partial charge in [0, 0.05) is 5.69 Å². The second-order valence-electron chi connectivity index (χ2n) is 6.95. The fourth-order valence-corrected chi connectivity index (χ4v) is 4.72. The lowest BCUT2D eigenvalue weighted by Gasteiger charge is -2.36. The minimum Gasteiger partial charge on any atom is -0.480 e. The molecule has 27 heavy (non-hydrogen) atoms. The van der Waals surface area contributed by atoms with E-state index in [1.54, 1.807) is 11.8 Å². The number of rotatable bonds is 5. The van der Waals surface area contributed by atoms with E-state index in [2.05, 4.69) is 39.3 Å². The Morgan fingerprint density at radius 3 is 2.85 bits per heavy atom. The number of ether oxygens (including phenoxy) is 1. The molecule has 4 rings (SSSR count). The van der Waals surface area contributed by atoms with Crippen molar-refractivity contribution in [1.29, 1.82) is 0 Å². The first kappa shape index (κ1) is 18.5. The number of benzene rings is 1. The van der Waals surface area contributed by atoms with Gasteiger partial charge in [0.15, 0.2) is 0 Å². The molecule has 8 heteroatoms. The van der Waals surface area contributed by atoms with Gasteiger partial charge in [0.2, 0.25) is 11.8 Å². The van der Waals surface area contributed by atoms with Gasteiger partial charge in [-0.1, -0.05) is 29.4 Å². The van der Waals surface area contributed by atoms with E-state index >= 15 is 0 Å². The van der Waals surface area contributed by atoms with E-state index in [-0.39, 0.29) is 5.25 Å². The average Bonchev–Trinajstić information content (AvgIpc) is 3.11. The van der Waals surface area contributed by atoms with Crippen molar-refractivity contribution >= 4 is 40.0 Å². The second-order valence-corrected chi connectivity index (χ2v) is 8.54. The number of aryl methyl sites for hydroxylation is 1. The summed E-state index contributed by atoms with van der Waals surface area (Å²) in [5.41, 5.74) is 2.51. The monoisotopic (exact) mass is 404 g/mol. The topological polar surface area (TPSA) is 79.6 Å². The number of hydrogen-bond acceptors (Lipinski definition) is 7. The predicted octanol–water partition coefficient (Wildman–Crippen LogP) is 4.29. The Hall–Kier alpha value is -1.83. The zero-order chi connectivity index (χ0) is 19.0. The van der Waals surface area contributed by atoms with Crippen LogP contribution in [0.25, 0.3) is 0 Å². The van der Waals surface area contributed by atoms with Crippen molar-refractivity contribution < 1.29 is 9.84 Å². The summed E-state index contributed by atoms with van der Waals surface area (Å²) >= 11 is 7.67. The van der Waals surface area contributed by atoms with E-state index in [1.165, 1.54) is 18.9 Å². The highest BCUT2D eigenvalue weighted by atomic mass is 35.5. The Balaban J connectivity index is 1.52. The first-order valence-corrected chi connectivity index (χ1v) is 10.1.